The molecule has 0 unspecified atom stereocenters. The fourth-order valence-electron chi connectivity index (χ4n) is 13.7. The molecule has 3 heterocycles. The van der Waals surface area contributed by atoms with E-state index in [1.807, 2.05) is 31.2 Å². The Hall–Kier alpha value is -11.2. The van der Waals surface area contributed by atoms with Crippen LogP contribution in [0, 0.1) is 0 Å². The van der Waals surface area contributed by atoms with Crippen LogP contribution in [-0.2, 0) is 84.8 Å². The van der Waals surface area contributed by atoms with Crippen molar-refractivity contribution in [3.8, 4) is 0 Å². The van der Waals surface area contributed by atoms with Crippen LogP contribution in [0.4, 0.5) is 0 Å². The molecule has 29 N–H and O–H groups in total. The number of nitrogens with two attached hydrogens (primary N) is 5. The number of aliphatic imine (C=N–C) groups is 1. The molecule has 2 fully saturated rings. The van der Waals surface area contributed by atoms with E-state index in [4.69, 9.17) is 28.7 Å². The first-order valence-corrected chi connectivity index (χ1v) is 42.0. The Morgan fingerprint density at radius 3 is 1.79 bits per heavy atom. The molecular formula is C82H132N21O18+. The summed E-state index contributed by atoms with van der Waals surface area (Å²) in [4.78, 5) is 206. The Labute approximate surface area is 706 Å². The number of guanidine groups is 1. The summed E-state index contributed by atoms with van der Waals surface area (Å²) >= 11 is 0. The number of hydrogen-bond acceptors (Lipinski definition) is 21. The summed E-state index contributed by atoms with van der Waals surface area (Å²) in [5.41, 5.74) is 33.8. The number of ketones is 1. The number of Topliss-reactive ketones (excluding diaryl/α,β-unsaturated/α-hetero) is 1. The molecule has 672 valence electrons. The number of likely N-dealkylation sites (N-methyl/N-ethyl adjacent to an activating group) is 1. The number of benzene rings is 2. The topological polar surface area (TPSA) is 650 Å². The largest absolute Gasteiger partial charge is 0.398 e. The van der Waals surface area contributed by atoms with Crippen molar-refractivity contribution < 1.29 is 93.0 Å². The van der Waals surface area contributed by atoms with Gasteiger partial charge < -0.3 is 123 Å². The van der Waals surface area contributed by atoms with Crippen LogP contribution in [0.3, 0.4) is 0 Å². The molecule has 0 aliphatic carbocycles. The van der Waals surface area contributed by atoms with E-state index in [9.17, 15) is 87.2 Å². The standard InChI is InChI=1S/C43H60N12O8.C39H71N9O10/c1-47-32-16-17-36(57)48-18-8-7-14-30(37(44)58)51-40(61)34(21-26-23-50-29-13-6-5-12-28(26)29)53-38(59)31(15-9-19-49-43(45)46)52-39(60)33(20-25-10-3-2-4-11-25)54-41(62)35-22-27(56)24-55(35)42(32)63;1-4-6-8-9-10-11-12-13-14-15-16-18-34(53)43-23-35(54)44-31(24-49)38(57)46-29(19-20-33(42)52)36(55)47-30(21-27(41)22-40)37(56)48-32(25-50)39(58)45-28(26(3)51)17-7-5-2/h2-6,10-13,23,27,30-35,47,50,56H,7-9,14-22,24H2,1H3,(H2,44,58)(H,48,57)(H,51,61)(H,52,60)(H,53,59)(H,54,62)(H4,45,46,49);22,28-32,49-50H,4-21,23-25,40-41H2,1-3H3,(H2,42,52)(H,43,53)(H,44,54)(H,45,58)(H,46,57)(H,47,55)(H,48,56)/p+1/b;27-22-/t27-,30+,31+,32+,33-,34+,35+;28-,29+,30-,31-,32-/m10/s1. The maximum Gasteiger partial charge on any atom is 0.245 e. The smallest absolute Gasteiger partial charge is 0.245 e. The molecule has 0 bridgehead atoms. The minimum atomic E-state index is -1.57. The second-order valence-electron chi connectivity index (χ2n) is 30.5. The van der Waals surface area contributed by atoms with Crippen LogP contribution in [0.15, 0.2) is 77.7 Å². The zero-order valence-electron chi connectivity index (χ0n) is 70.3. The Bertz CT molecular complexity index is 3920. The predicted octanol–water partition coefficient (Wildman–Crippen LogP) is -3.25. The number of rotatable bonds is 44. The number of nitrogens with zero attached hydrogens (tertiary/aromatic N) is 2. The zero-order chi connectivity index (χ0) is 89.3. The SMILES string of the molecule is CCCCCCCCCCCCCC(=O)NCC(=O)N[C@@H](CO)C(=O)N[C@H](CCC(N)=O)C(=O)N[C@@H](C/C(N)=C/[NH3+])C(=O)N[C@@H](CO)C(=O)N[C@@H](CCCC)C(C)=O.CN[C@H]1CCC(=O)NCCCC[C@@H](C(N)=O)NC(=O)[C@H](Cc2c[nH]c3ccccc23)NC(=O)[C@H](CCCN=C(N)N)NC(=O)[C@@H](Cc2ccccc2)NC(=O)[C@@H]2C[C@@H](O)CN2C1=O. The first kappa shape index (κ1) is 102. The minimum Gasteiger partial charge on any atom is -0.398 e. The number of unbranched alkanes of at least 4 members (excludes halogenated alkanes) is 11. The quantitative estimate of drug-likeness (QED) is 0.0150. The van der Waals surface area contributed by atoms with Crippen molar-refractivity contribution >= 4 is 105 Å². The summed E-state index contributed by atoms with van der Waals surface area (Å²) in [5, 5.41) is 62.5. The highest BCUT2D eigenvalue weighted by atomic mass is 16.3. The Kier molecular flexibility index (Phi) is 47.6. The van der Waals surface area contributed by atoms with Crippen molar-refractivity contribution in [2.45, 2.75) is 273 Å². The predicted molar refractivity (Wildman–Crippen MR) is 450 cm³/mol. The van der Waals surface area contributed by atoms with Crippen LogP contribution in [0.1, 0.15) is 199 Å². The number of amides is 14. The highest BCUT2D eigenvalue weighted by Gasteiger charge is 2.43. The number of fused-ring (bicyclic) bond motifs is 2. The van der Waals surface area contributed by atoms with Crippen molar-refractivity contribution in [3.63, 3.8) is 0 Å². The van der Waals surface area contributed by atoms with Gasteiger partial charge in [0.1, 0.15) is 60.6 Å². The van der Waals surface area contributed by atoms with Crippen LogP contribution < -0.4 is 98.2 Å². The molecule has 3 aromatic rings. The van der Waals surface area contributed by atoms with E-state index in [2.05, 4.69) is 86.4 Å². The monoisotopic (exact) mass is 1700 g/mol. The number of para-hydroxylation sites is 1. The fraction of sp³-hybridized carbons (Fsp3) is 0.610. The number of nitrogens with one attached hydrogen (secondary N) is 13. The van der Waals surface area contributed by atoms with Crippen LogP contribution in [-0.4, -0.2) is 239 Å². The molecule has 0 saturated carbocycles. The number of aromatic nitrogens is 1. The van der Waals surface area contributed by atoms with Crippen molar-refractivity contribution in [2.24, 2.45) is 33.7 Å². The van der Waals surface area contributed by atoms with Crippen LogP contribution in [0.25, 0.3) is 10.9 Å². The normalized spacial score (nSPS) is 19.7. The molecule has 14 amide bonds. The average molecular weight is 1700 g/mol. The number of carbonyl (C=O) groups excluding carboxylic acids is 15. The summed E-state index contributed by atoms with van der Waals surface area (Å²) in [6, 6.07) is 2.34. The van der Waals surface area contributed by atoms with Gasteiger partial charge in [0.15, 0.2) is 11.7 Å². The average Bonchev–Trinajstić information content (AvgIpc) is 1.75. The lowest BCUT2D eigenvalue weighted by Gasteiger charge is -2.30. The summed E-state index contributed by atoms with van der Waals surface area (Å²) < 4.78 is 0. The van der Waals surface area contributed by atoms with Gasteiger partial charge in [0.2, 0.25) is 82.7 Å². The van der Waals surface area contributed by atoms with E-state index in [1.54, 1.807) is 43.6 Å². The van der Waals surface area contributed by atoms with Gasteiger partial charge in [-0.2, -0.15) is 0 Å². The third kappa shape index (κ3) is 38.4. The highest BCUT2D eigenvalue weighted by Crippen LogP contribution is 2.23. The van der Waals surface area contributed by atoms with E-state index in [-0.39, 0.29) is 126 Å². The number of primary amides is 2. The Morgan fingerprint density at radius 1 is 0.612 bits per heavy atom. The number of carbonyl (C=O) groups is 15. The van der Waals surface area contributed by atoms with Gasteiger partial charge in [0.05, 0.1) is 43.6 Å². The molecule has 39 nitrogen and oxygen atoms in total. The molecule has 1 aromatic heterocycles. The molecule has 0 radical (unpaired) electrons. The molecular weight excluding hydrogens is 1570 g/mol. The molecule has 5 rings (SSSR count). The second kappa shape index (κ2) is 56.4. The molecule has 2 aromatic carbocycles. The van der Waals surface area contributed by atoms with E-state index in [0.29, 0.717) is 43.2 Å². The number of H-pyrrole nitrogens is 1. The van der Waals surface area contributed by atoms with Gasteiger partial charge >= 0.3 is 0 Å². The summed E-state index contributed by atoms with van der Waals surface area (Å²) in [7, 11) is 1.55. The number of hydrogen-bond donors (Lipinski definition) is 22. The van der Waals surface area contributed by atoms with Crippen LogP contribution >= 0.6 is 0 Å². The molecule has 12 atom stereocenters. The summed E-state index contributed by atoms with van der Waals surface area (Å²) in [6.07, 6.45) is 16.4. The third-order valence-electron chi connectivity index (χ3n) is 20.7. The molecule has 2 aliphatic heterocycles. The van der Waals surface area contributed by atoms with Gasteiger partial charge in [-0.05, 0) is 89.0 Å². The number of aliphatic hydroxyl groups excluding tert-OH is 3. The van der Waals surface area contributed by atoms with Gasteiger partial charge in [-0.15, -0.1) is 0 Å². The maximum atomic E-state index is 14.4. The van der Waals surface area contributed by atoms with Crippen LogP contribution in [0.5, 0.6) is 0 Å². The molecule has 2 aliphatic rings. The molecule has 121 heavy (non-hydrogen) atoms. The van der Waals surface area contributed by atoms with E-state index in [1.165, 1.54) is 63.0 Å². The zero-order valence-corrected chi connectivity index (χ0v) is 70.3. The van der Waals surface area contributed by atoms with E-state index in [0.717, 1.165) is 36.6 Å². The maximum absolute atomic E-state index is 14.4. The van der Waals surface area contributed by atoms with Crippen molar-refractivity contribution in [3.05, 3.63) is 83.8 Å². The first-order chi connectivity index (χ1) is 57.9. The lowest BCUT2D eigenvalue weighted by Crippen LogP contribution is -2.60. The summed E-state index contributed by atoms with van der Waals surface area (Å²) in [6.45, 7) is 3.41. The van der Waals surface area contributed by atoms with Crippen molar-refractivity contribution in [2.75, 3.05) is 46.4 Å². The van der Waals surface area contributed by atoms with Gasteiger partial charge in [0.25, 0.3) is 0 Å². The van der Waals surface area contributed by atoms with Gasteiger partial charge in [-0.25, -0.2) is 0 Å². The lowest BCUT2D eigenvalue weighted by molar-refractivity contribution is -0.276. The fourth-order valence-corrected chi connectivity index (χ4v) is 13.7. The highest BCUT2D eigenvalue weighted by molar-refractivity contribution is 6.00. The van der Waals surface area contributed by atoms with Gasteiger partial charge in [-0.1, -0.05) is 139 Å². The minimum absolute atomic E-state index is 0.00470. The lowest BCUT2D eigenvalue weighted by atomic mass is 10.0. The van der Waals surface area contributed by atoms with Gasteiger partial charge in [-0.3, -0.25) is 76.9 Å². The second-order valence-corrected chi connectivity index (χ2v) is 30.5. The molecule has 2 saturated heterocycles. The van der Waals surface area contributed by atoms with Crippen molar-refractivity contribution in [1.82, 2.24) is 73.7 Å². The third-order valence-corrected chi connectivity index (χ3v) is 20.7. The number of aromatic amines is 1. The summed E-state index contributed by atoms with van der Waals surface area (Å²) in [5.74, 6) is -10.8. The Balaban J connectivity index is 0.000000511. The molecule has 39 heteroatoms. The Morgan fingerprint density at radius 2 is 1.17 bits per heavy atom. The van der Waals surface area contributed by atoms with Crippen LogP contribution in [0.2, 0.25) is 0 Å². The number of aliphatic hydroxyl groups is 3. The molecule has 0 spiro atoms. The van der Waals surface area contributed by atoms with E-state index < -0.39 is 163 Å². The van der Waals surface area contributed by atoms with Gasteiger partial charge in [0, 0.05) is 81.7 Å². The first-order valence-electron chi connectivity index (χ1n) is 42.0. The van der Waals surface area contributed by atoms with Crippen molar-refractivity contribution in [1.29, 1.82) is 0 Å². The number of quaternary nitrogens is 1. The van der Waals surface area contributed by atoms with E-state index >= 15 is 0 Å².